The van der Waals surface area contributed by atoms with Gasteiger partial charge in [-0.2, -0.15) is 0 Å². The van der Waals surface area contributed by atoms with Crippen molar-refractivity contribution < 1.29 is 14.6 Å². The van der Waals surface area contributed by atoms with Crippen molar-refractivity contribution in [2.24, 2.45) is 0 Å². The number of nitrogens with one attached hydrogen (secondary N) is 1. The zero-order valence-electron chi connectivity index (χ0n) is 9.20. The number of carboxylic acids is 1. The number of ether oxygens (including phenoxy) is 1. The van der Waals surface area contributed by atoms with E-state index in [1.54, 1.807) is 19.2 Å². The van der Waals surface area contributed by atoms with E-state index < -0.39 is 5.97 Å². The highest BCUT2D eigenvalue weighted by atomic mass is 16.5. The zero-order chi connectivity index (χ0) is 11.7. The molecule has 0 fully saturated rings. The number of aromatic amines is 1. The van der Waals surface area contributed by atoms with Crippen molar-refractivity contribution in [3.63, 3.8) is 0 Å². The number of hydrogen-bond acceptors (Lipinski definition) is 2. The summed E-state index contributed by atoms with van der Waals surface area (Å²) in [7, 11) is 1.57. The Morgan fingerprint density at radius 1 is 1.50 bits per heavy atom. The Morgan fingerprint density at radius 2 is 2.25 bits per heavy atom. The van der Waals surface area contributed by atoms with Crippen molar-refractivity contribution >= 4 is 16.9 Å². The minimum absolute atomic E-state index is 0.344. The van der Waals surface area contributed by atoms with Crippen molar-refractivity contribution in [1.82, 2.24) is 4.98 Å². The summed E-state index contributed by atoms with van der Waals surface area (Å²) in [4.78, 5) is 14.3. The summed E-state index contributed by atoms with van der Waals surface area (Å²) in [6.45, 7) is 1.92. The fraction of sp³-hybridized carbons (Fsp3) is 0.250. The summed E-state index contributed by atoms with van der Waals surface area (Å²) in [5, 5.41) is 9.88. The first kappa shape index (κ1) is 10.5. The maximum Gasteiger partial charge on any atom is 0.338 e. The number of aryl methyl sites for hydroxylation is 1. The number of H-pyrrole nitrogens is 1. The molecule has 0 aliphatic heterocycles. The van der Waals surface area contributed by atoms with Crippen LogP contribution in [0.25, 0.3) is 10.9 Å². The van der Waals surface area contributed by atoms with Crippen LogP contribution in [-0.4, -0.2) is 23.2 Å². The number of carbonyl (C=O) groups is 1. The van der Waals surface area contributed by atoms with Gasteiger partial charge in [-0.15, -0.1) is 0 Å². The van der Waals surface area contributed by atoms with Crippen LogP contribution in [0.4, 0.5) is 0 Å². The summed E-state index contributed by atoms with van der Waals surface area (Å²) in [6.07, 6.45) is 0.652. The van der Waals surface area contributed by atoms with Crippen LogP contribution in [-0.2, 0) is 6.42 Å². The molecular weight excluding hydrogens is 206 g/mol. The summed E-state index contributed by atoms with van der Waals surface area (Å²) in [5.41, 5.74) is 1.82. The third kappa shape index (κ3) is 1.43. The fourth-order valence-corrected chi connectivity index (χ4v) is 1.92. The standard InChI is InChI=1S/C12H13NO3/c1-3-8-10(12(14)15)7-5-4-6-9(16-2)11(7)13-8/h4-6,13H,3H2,1-2H3,(H,14,15). The predicted molar refractivity (Wildman–Crippen MR) is 61.2 cm³/mol. The summed E-state index contributed by atoms with van der Waals surface area (Å²) < 4.78 is 5.20. The van der Waals surface area contributed by atoms with Crippen molar-refractivity contribution in [1.29, 1.82) is 0 Å². The molecule has 0 bridgehead atoms. The number of methoxy groups -OCH3 is 1. The molecule has 1 aromatic carbocycles. The average Bonchev–Trinajstić information content (AvgIpc) is 2.66. The van der Waals surface area contributed by atoms with E-state index in [0.717, 1.165) is 11.2 Å². The van der Waals surface area contributed by atoms with Gasteiger partial charge in [0.25, 0.3) is 0 Å². The molecule has 84 valence electrons. The van der Waals surface area contributed by atoms with Crippen LogP contribution in [0.1, 0.15) is 23.0 Å². The molecule has 1 aromatic heterocycles. The molecule has 0 spiro atoms. The molecule has 4 heteroatoms. The number of para-hydroxylation sites is 1. The van der Waals surface area contributed by atoms with E-state index in [9.17, 15) is 9.90 Å². The zero-order valence-corrected chi connectivity index (χ0v) is 9.20. The molecular formula is C12H13NO3. The smallest absolute Gasteiger partial charge is 0.338 e. The second-order valence-corrected chi connectivity index (χ2v) is 3.52. The van der Waals surface area contributed by atoms with Crippen LogP contribution in [0.3, 0.4) is 0 Å². The topological polar surface area (TPSA) is 62.3 Å². The van der Waals surface area contributed by atoms with E-state index >= 15 is 0 Å². The second kappa shape index (κ2) is 3.89. The van der Waals surface area contributed by atoms with E-state index in [0.29, 0.717) is 23.1 Å². The molecule has 0 atom stereocenters. The Hall–Kier alpha value is -1.97. The van der Waals surface area contributed by atoms with Gasteiger partial charge in [-0.1, -0.05) is 19.1 Å². The molecule has 4 nitrogen and oxygen atoms in total. The van der Waals surface area contributed by atoms with Crippen LogP contribution in [0, 0.1) is 0 Å². The van der Waals surface area contributed by atoms with Crippen molar-refractivity contribution in [3.05, 3.63) is 29.5 Å². The molecule has 0 radical (unpaired) electrons. The van der Waals surface area contributed by atoms with Gasteiger partial charge in [0, 0.05) is 11.1 Å². The number of aromatic nitrogens is 1. The number of benzene rings is 1. The van der Waals surface area contributed by atoms with E-state index in [4.69, 9.17) is 4.74 Å². The molecule has 0 unspecified atom stereocenters. The Kier molecular flexibility index (Phi) is 2.56. The molecule has 0 saturated carbocycles. The third-order valence-electron chi connectivity index (χ3n) is 2.66. The van der Waals surface area contributed by atoms with Crippen LogP contribution in [0.5, 0.6) is 5.75 Å². The highest BCUT2D eigenvalue weighted by Gasteiger charge is 2.18. The van der Waals surface area contributed by atoms with Crippen molar-refractivity contribution in [2.45, 2.75) is 13.3 Å². The molecule has 16 heavy (non-hydrogen) atoms. The molecule has 0 amide bonds. The van der Waals surface area contributed by atoms with Gasteiger partial charge in [0.1, 0.15) is 5.75 Å². The van der Waals surface area contributed by atoms with Crippen LogP contribution in [0.15, 0.2) is 18.2 Å². The highest BCUT2D eigenvalue weighted by Crippen LogP contribution is 2.29. The maximum absolute atomic E-state index is 11.2. The van der Waals surface area contributed by atoms with Gasteiger partial charge in [0.05, 0.1) is 18.2 Å². The number of hydrogen-bond donors (Lipinski definition) is 2. The van der Waals surface area contributed by atoms with Gasteiger partial charge in [-0.05, 0) is 12.5 Å². The minimum Gasteiger partial charge on any atom is -0.495 e. The lowest BCUT2D eigenvalue weighted by molar-refractivity contribution is 0.0698. The number of fused-ring (bicyclic) bond motifs is 1. The summed E-state index contributed by atoms with van der Waals surface area (Å²) in [6, 6.07) is 5.39. The Balaban J connectivity index is 2.82. The summed E-state index contributed by atoms with van der Waals surface area (Å²) in [5.74, 6) is -0.240. The Labute approximate surface area is 92.9 Å². The molecule has 0 aliphatic carbocycles. The van der Waals surface area contributed by atoms with Crippen LogP contribution in [0.2, 0.25) is 0 Å². The van der Waals surface area contributed by atoms with E-state index in [2.05, 4.69) is 4.98 Å². The monoisotopic (exact) mass is 219 g/mol. The van der Waals surface area contributed by atoms with Gasteiger partial charge in [-0.3, -0.25) is 0 Å². The molecule has 2 aromatic rings. The SMILES string of the molecule is CCc1[nH]c2c(OC)cccc2c1C(=O)O. The molecule has 0 aliphatic rings. The lowest BCUT2D eigenvalue weighted by Gasteiger charge is -2.00. The Bertz CT molecular complexity index is 542. The number of aromatic carboxylic acids is 1. The maximum atomic E-state index is 11.2. The van der Waals surface area contributed by atoms with E-state index in [1.807, 2.05) is 13.0 Å². The summed E-state index contributed by atoms with van der Waals surface area (Å²) >= 11 is 0. The van der Waals surface area contributed by atoms with E-state index in [-0.39, 0.29) is 0 Å². The Morgan fingerprint density at radius 3 is 2.81 bits per heavy atom. The van der Waals surface area contributed by atoms with Gasteiger partial charge < -0.3 is 14.8 Å². The second-order valence-electron chi connectivity index (χ2n) is 3.52. The molecule has 2 N–H and O–H groups in total. The predicted octanol–water partition coefficient (Wildman–Crippen LogP) is 2.44. The average molecular weight is 219 g/mol. The molecule has 2 rings (SSSR count). The van der Waals surface area contributed by atoms with Crippen molar-refractivity contribution in [2.75, 3.05) is 7.11 Å². The number of rotatable bonds is 3. The molecule has 0 saturated heterocycles. The lowest BCUT2D eigenvalue weighted by atomic mass is 10.1. The first-order chi connectivity index (χ1) is 7.69. The van der Waals surface area contributed by atoms with Crippen LogP contribution >= 0.6 is 0 Å². The van der Waals surface area contributed by atoms with E-state index in [1.165, 1.54) is 0 Å². The van der Waals surface area contributed by atoms with Gasteiger partial charge in [0.15, 0.2) is 0 Å². The minimum atomic E-state index is -0.906. The third-order valence-corrected chi connectivity index (χ3v) is 2.66. The first-order valence-electron chi connectivity index (χ1n) is 5.09. The van der Waals surface area contributed by atoms with Gasteiger partial charge in [-0.25, -0.2) is 4.79 Å². The fourth-order valence-electron chi connectivity index (χ4n) is 1.92. The lowest BCUT2D eigenvalue weighted by Crippen LogP contribution is -1.99. The van der Waals surface area contributed by atoms with Gasteiger partial charge in [0.2, 0.25) is 0 Å². The van der Waals surface area contributed by atoms with Crippen molar-refractivity contribution in [3.8, 4) is 5.75 Å². The normalized spacial score (nSPS) is 10.6. The largest absolute Gasteiger partial charge is 0.495 e. The van der Waals surface area contributed by atoms with Crippen LogP contribution < -0.4 is 4.74 Å². The van der Waals surface area contributed by atoms with Gasteiger partial charge >= 0.3 is 5.97 Å². The number of carboxylic acid groups (broad SMARTS) is 1. The quantitative estimate of drug-likeness (QED) is 0.833. The first-order valence-corrected chi connectivity index (χ1v) is 5.09. The highest BCUT2D eigenvalue weighted by molar-refractivity contribution is 6.06. The molecule has 1 heterocycles.